The van der Waals surface area contributed by atoms with E-state index in [1.165, 1.54) is 0 Å². The van der Waals surface area contributed by atoms with Crippen molar-refractivity contribution in [3.05, 3.63) is 0 Å². The molecule has 0 amide bonds. The number of carbonyl (C=O) groups is 2. The number of esters is 1. The largest absolute Gasteiger partial charge is 0.481 e. The van der Waals surface area contributed by atoms with E-state index in [1.807, 2.05) is 6.92 Å². The highest BCUT2D eigenvalue weighted by Gasteiger charge is 2.12. The molecule has 0 rings (SSSR count). The van der Waals surface area contributed by atoms with Gasteiger partial charge in [-0.05, 0) is 19.3 Å². The van der Waals surface area contributed by atoms with Gasteiger partial charge in [0.15, 0.2) is 0 Å². The number of carboxylic acid groups (broad SMARTS) is 1. The summed E-state index contributed by atoms with van der Waals surface area (Å²) in [7, 11) is 0. The van der Waals surface area contributed by atoms with Gasteiger partial charge in [-0.3, -0.25) is 9.59 Å². The number of ether oxygens (including phenoxy) is 1. The predicted octanol–water partition coefficient (Wildman–Crippen LogP) is 0.946. The average molecular weight is 218 g/mol. The topological polar surface area (TPSA) is 83.8 Å². The molecule has 5 nitrogen and oxygen atoms in total. The Hall–Kier alpha value is -1.10. The molecule has 0 fully saturated rings. The Bertz CT molecular complexity index is 202. The van der Waals surface area contributed by atoms with Crippen LogP contribution in [0.15, 0.2) is 0 Å². The summed E-state index contributed by atoms with van der Waals surface area (Å²) in [5.74, 6) is -1.32. The lowest BCUT2D eigenvalue weighted by atomic mass is 10.1. The van der Waals surface area contributed by atoms with Crippen LogP contribution in [-0.2, 0) is 14.3 Å². The van der Waals surface area contributed by atoms with Crippen molar-refractivity contribution >= 4 is 11.9 Å². The van der Waals surface area contributed by atoms with Gasteiger partial charge in [0, 0.05) is 6.42 Å². The molecular weight excluding hydrogens is 200 g/mol. The van der Waals surface area contributed by atoms with Crippen molar-refractivity contribution in [1.29, 1.82) is 0 Å². The van der Waals surface area contributed by atoms with Gasteiger partial charge in [0.25, 0.3) is 0 Å². The minimum atomic E-state index is -0.893. The Morgan fingerprint density at radius 1 is 1.40 bits per heavy atom. The molecule has 0 aliphatic carbocycles. The lowest BCUT2D eigenvalue weighted by molar-refractivity contribution is -0.145. The molecule has 0 heterocycles. The number of aliphatic hydroxyl groups excluding tert-OH is 1. The molecule has 1 unspecified atom stereocenters. The number of carbonyl (C=O) groups excluding carboxylic acids is 1. The Morgan fingerprint density at radius 2 is 2.07 bits per heavy atom. The summed E-state index contributed by atoms with van der Waals surface area (Å²) in [4.78, 5) is 21.2. The SMILES string of the molecule is CCCOC(=O)CC(O)CCCC(=O)O. The van der Waals surface area contributed by atoms with Crippen LogP contribution in [0.3, 0.4) is 0 Å². The Balaban J connectivity index is 3.50. The monoisotopic (exact) mass is 218 g/mol. The molecule has 0 saturated carbocycles. The molecule has 1 atom stereocenters. The number of hydrogen-bond donors (Lipinski definition) is 2. The summed E-state index contributed by atoms with van der Waals surface area (Å²) < 4.78 is 4.77. The summed E-state index contributed by atoms with van der Waals surface area (Å²) in [5.41, 5.74) is 0. The number of aliphatic carboxylic acids is 1. The second kappa shape index (κ2) is 8.23. The van der Waals surface area contributed by atoms with Crippen molar-refractivity contribution in [3.63, 3.8) is 0 Å². The van der Waals surface area contributed by atoms with Gasteiger partial charge in [-0.1, -0.05) is 6.92 Å². The standard InChI is InChI=1S/C10H18O5/c1-2-6-15-10(14)7-8(11)4-3-5-9(12)13/h8,11H,2-7H2,1H3,(H,12,13). The first-order valence-corrected chi connectivity index (χ1v) is 5.11. The number of hydrogen-bond acceptors (Lipinski definition) is 4. The first kappa shape index (κ1) is 13.9. The van der Waals surface area contributed by atoms with E-state index in [0.717, 1.165) is 6.42 Å². The first-order valence-electron chi connectivity index (χ1n) is 5.11. The molecule has 88 valence electrons. The van der Waals surface area contributed by atoms with Gasteiger partial charge in [-0.15, -0.1) is 0 Å². The van der Waals surface area contributed by atoms with E-state index in [9.17, 15) is 14.7 Å². The molecular formula is C10H18O5. The maximum atomic E-state index is 11.0. The van der Waals surface area contributed by atoms with E-state index < -0.39 is 18.0 Å². The molecule has 0 aromatic rings. The van der Waals surface area contributed by atoms with Crippen molar-refractivity contribution in [3.8, 4) is 0 Å². The van der Waals surface area contributed by atoms with Crippen molar-refractivity contribution in [2.75, 3.05) is 6.61 Å². The Labute approximate surface area is 89.0 Å². The number of rotatable bonds is 8. The zero-order valence-corrected chi connectivity index (χ0v) is 8.94. The molecule has 5 heteroatoms. The molecule has 0 spiro atoms. The Morgan fingerprint density at radius 3 is 2.60 bits per heavy atom. The third kappa shape index (κ3) is 9.21. The summed E-state index contributed by atoms with van der Waals surface area (Å²) in [6.45, 7) is 2.25. The van der Waals surface area contributed by atoms with Gasteiger partial charge >= 0.3 is 11.9 Å². The smallest absolute Gasteiger partial charge is 0.308 e. The Kier molecular flexibility index (Phi) is 7.62. The van der Waals surface area contributed by atoms with Crippen LogP contribution in [0.4, 0.5) is 0 Å². The molecule has 0 aromatic heterocycles. The highest BCUT2D eigenvalue weighted by molar-refractivity contribution is 5.70. The average Bonchev–Trinajstić information content (AvgIpc) is 2.14. The summed E-state index contributed by atoms with van der Waals surface area (Å²) in [6, 6.07) is 0. The minimum Gasteiger partial charge on any atom is -0.481 e. The van der Waals surface area contributed by atoms with Crippen molar-refractivity contribution in [2.24, 2.45) is 0 Å². The molecule has 0 bridgehead atoms. The van der Waals surface area contributed by atoms with Gasteiger partial charge in [0.05, 0.1) is 19.1 Å². The van der Waals surface area contributed by atoms with Crippen molar-refractivity contribution in [1.82, 2.24) is 0 Å². The van der Waals surface area contributed by atoms with Gasteiger partial charge < -0.3 is 14.9 Å². The molecule has 15 heavy (non-hydrogen) atoms. The fourth-order valence-corrected chi connectivity index (χ4v) is 1.06. The zero-order valence-electron chi connectivity index (χ0n) is 8.94. The zero-order chi connectivity index (χ0) is 11.7. The molecule has 0 saturated heterocycles. The number of carboxylic acids is 1. The molecule has 0 radical (unpaired) electrons. The predicted molar refractivity (Wildman–Crippen MR) is 53.4 cm³/mol. The molecule has 2 N–H and O–H groups in total. The third-order valence-corrected chi connectivity index (χ3v) is 1.80. The summed E-state index contributed by atoms with van der Waals surface area (Å²) in [6.07, 6.45) is 0.598. The van der Waals surface area contributed by atoms with E-state index >= 15 is 0 Å². The van der Waals surface area contributed by atoms with Crippen LogP contribution in [0, 0.1) is 0 Å². The molecule has 0 aliphatic rings. The van der Waals surface area contributed by atoms with Crippen LogP contribution in [-0.4, -0.2) is 34.9 Å². The van der Waals surface area contributed by atoms with Crippen LogP contribution in [0.25, 0.3) is 0 Å². The van der Waals surface area contributed by atoms with Crippen LogP contribution < -0.4 is 0 Å². The minimum absolute atomic E-state index is 0.0149. The van der Waals surface area contributed by atoms with Gasteiger partial charge in [-0.2, -0.15) is 0 Å². The van der Waals surface area contributed by atoms with E-state index in [-0.39, 0.29) is 12.8 Å². The van der Waals surface area contributed by atoms with Gasteiger partial charge in [0.1, 0.15) is 0 Å². The van der Waals surface area contributed by atoms with E-state index in [4.69, 9.17) is 9.84 Å². The van der Waals surface area contributed by atoms with Crippen LogP contribution >= 0.6 is 0 Å². The fourth-order valence-electron chi connectivity index (χ4n) is 1.06. The molecule has 0 aromatic carbocycles. The van der Waals surface area contributed by atoms with Gasteiger partial charge in [0.2, 0.25) is 0 Å². The van der Waals surface area contributed by atoms with Crippen molar-refractivity contribution < 1.29 is 24.5 Å². The quantitative estimate of drug-likeness (QED) is 0.592. The second-order valence-corrected chi connectivity index (χ2v) is 3.36. The number of aliphatic hydroxyl groups is 1. The normalized spacial score (nSPS) is 12.1. The lowest BCUT2D eigenvalue weighted by Gasteiger charge is -2.08. The second-order valence-electron chi connectivity index (χ2n) is 3.36. The van der Waals surface area contributed by atoms with Crippen LogP contribution in [0.1, 0.15) is 39.0 Å². The van der Waals surface area contributed by atoms with E-state index in [2.05, 4.69) is 0 Å². The van der Waals surface area contributed by atoms with Crippen molar-refractivity contribution in [2.45, 2.75) is 45.1 Å². The van der Waals surface area contributed by atoms with Crippen LogP contribution in [0.2, 0.25) is 0 Å². The highest BCUT2D eigenvalue weighted by Crippen LogP contribution is 2.05. The van der Waals surface area contributed by atoms with Crippen LogP contribution in [0.5, 0.6) is 0 Å². The van der Waals surface area contributed by atoms with E-state index in [1.54, 1.807) is 0 Å². The molecule has 0 aliphatic heterocycles. The first-order chi connectivity index (χ1) is 7.06. The lowest BCUT2D eigenvalue weighted by Crippen LogP contribution is -2.16. The summed E-state index contributed by atoms with van der Waals surface area (Å²) >= 11 is 0. The van der Waals surface area contributed by atoms with Gasteiger partial charge in [-0.25, -0.2) is 0 Å². The summed E-state index contributed by atoms with van der Waals surface area (Å²) in [5, 5.41) is 17.7. The maximum absolute atomic E-state index is 11.0. The third-order valence-electron chi connectivity index (χ3n) is 1.80. The van der Waals surface area contributed by atoms with E-state index in [0.29, 0.717) is 19.4 Å². The maximum Gasteiger partial charge on any atom is 0.308 e. The fraction of sp³-hybridized carbons (Fsp3) is 0.800. The highest BCUT2D eigenvalue weighted by atomic mass is 16.5.